The molecule has 1 N–H and O–H groups in total. The molecule has 4 heteroatoms. The lowest BCUT2D eigenvalue weighted by atomic mass is 10.0. The van der Waals surface area contributed by atoms with Gasteiger partial charge in [-0.2, -0.15) is 0 Å². The van der Waals surface area contributed by atoms with Crippen LogP contribution in [-0.2, 0) is 4.79 Å². The average molecular weight is 327 g/mol. The molecule has 1 saturated heterocycles. The molecule has 130 valence electrons. The highest BCUT2D eigenvalue weighted by atomic mass is 16.1. The van der Waals surface area contributed by atoms with Crippen molar-refractivity contribution in [2.24, 2.45) is 5.92 Å². The second kappa shape index (κ2) is 8.45. The summed E-state index contributed by atoms with van der Waals surface area (Å²) in [5.74, 6) is 0.597. The molecule has 1 amide bonds. The first-order chi connectivity index (χ1) is 11.7. The monoisotopic (exact) mass is 327 g/mol. The molecule has 1 aromatic carbocycles. The molecular formula is C20H29N3O. The van der Waals surface area contributed by atoms with Gasteiger partial charge in [-0.05, 0) is 31.4 Å². The molecule has 0 radical (unpaired) electrons. The zero-order valence-electron chi connectivity index (χ0n) is 14.7. The normalized spacial score (nSPS) is 23.3. The molecule has 3 rings (SSSR count). The van der Waals surface area contributed by atoms with Crippen molar-refractivity contribution in [3.8, 4) is 0 Å². The van der Waals surface area contributed by atoms with E-state index in [1.165, 1.54) is 5.56 Å². The summed E-state index contributed by atoms with van der Waals surface area (Å²) < 4.78 is 0. The number of carbonyl (C=O) groups excluding carboxylic acids is 1. The van der Waals surface area contributed by atoms with Crippen LogP contribution in [0.3, 0.4) is 0 Å². The number of amides is 1. The molecular weight excluding hydrogens is 298 g/mol. The fourth-order valence-electron chi connectivity index (χ4n) is 3.57. The fourth-order valence-corrected chi connectivity index (χ4v) is 3.57. The fraction of sp³-hybridized carbons (Fsp3) is 0.550. The van der Waals surface area contributed by atoms with Crippen LogP contribution >= 0.6 is 0 Å². The van der Waals surface area contributed by atoms with Crippen molar-refractivity contribution >= 4 is 5.91 Å². The summed E-state index contributed by atoms with van der Waals surface area (Å²) in [6, 6.07) is 10.5. The highest BCUT2D eigenvalue weighted by Crippen LogP contribution is 2.21. The molecule has 1 heterocycles. The third-order valence-electron chi connectivity index (χ3n) is 5.13. The van der Waals surface area contributed by atoms with E-state index in [2.05, 4.69) is 58.6 Å². The number of nitrogens with one attached hydrogen (secondary N) is 1. The molecule has 0 aromatic heterocycles. The molecule has 4 nitrogen and oxygen atoms in total. The maximum Gasteiger partial charge on any atom is 0.221 e. The van der Waals surface area contributed by atoms with Crippen molar-refractivity contribution in [3.05, 3.63) is 48.0 Å². The summed E-state index contributed by atoms with van der Waals surface area (Å²) in [6.45, 7) is 5.23. The van der Waals surface area contributed by atoms with Gasteiger partial charge in [0.2, 0.25) is 5.91 Å². The molecule has 0 bridgehead atoms. The second-order valence-electron chi connectivity index (χ2n) is 7.10. The molecule has 1 aromatic rings. The van der Waals surface area contributed by atoms with Crippen molar-refractivity contribution in [1.82, 2.24) is 15.1 Å². The summed E-state index contributed by atoms with van der Waals surface area (Å²) in [4.78, 5) is 17.3. The maximum atomic E-state index is 12.5. The van der Waals surface area contributed by atoms with Gasteiger partial charge in [-0.15, -0.1) is 0 Å². The van der Waals surface area contributed by atoms with E-state index in [-0.39, 0.29) is 11.9 Å². The summed E-state index contributed by atoms with van der Waals surface area (Å²) in [6.07, 6.45) is 7.22. The third-order valence-corrected chi connectivity index (χ3v) is 5.13. The first kappa shape index (κ1) is 17.2. The summed E-state index contributed by atoms with van der Waals surface area (Å²) in [5.41, 5.74) is 1.20. The molecule has 1 aliphatic heterocycles. The Bertz CT molecular complexity index is 549. The van der Waals surface area contributed by atoms with Crippen LogP contribution in [0, 0.1) is 5.92 Å². The van der Waals surface area contributed by atoms with Crippen molar-refractivity contribution in [2.75, 3.05) is 39.8 Å². The van der Waals surface area contributed by atoms with Crippen LogP contribution in [0.15, 0.2) is 42.5 Å². The van der Waals surface area contributed by atoms with Crippen molar-refractivity contribution in [2.45, 2.75) is 25.3 Å². The first-order valence-electron chi connectivity index (χ1n) is 9.12. The number of carbonyl (C=O) groups is 1. The van der Waals surface area contributed by atoms with E-state index in [0.717, 1.165) is 45.6 Å². The molecule has 0 unspecified atom stereocenters. The van der Waals surface area contributed by atoms with E-state index in [9.17, 15) is 4.79 Å². The highest BCUT2D eigenvalue weighted by molar-refractivity contribution is 5.77. The van der Waals surface area contributed by atoms with Gasteiger partial charge >= 0.3 is 0 Å². The SMILES string of the molecule is CN1CCN(C[C@@H](NC(=O)C[C@@H]2C=CCC2)c2ccccc2)CC1. The van der Waals surface area contributed by atoms with Crippen LogP contribution in [0.4, 0.5) is 0 Å². The van der Waals surface area contributed by atoms with Gasteiger partial charge < -0.3 is 10.2 Å². The molecule has 0 spiro atoms. The van der Waals surface area contributed by atoms with Gasteiger partial charge in [0.05, 0.1) is 6.04 Å². The van der Waals surface area contributed by atoms with Gasteiger partial charge in [0.15, 0.2) is 0 Å². The molecule has 2 aliphatic rings. The predicted molar refractivity (Wildman–Crippen MR) is 97.7 cm³/mol. The van der Waals surface area contributed by atoms with Gasteiger partial charge in [0.25, 0.3) is 0 Å². The predicted octanol–water partition coefficient (Wildman–Crippen LogP) is 2.45. The molecule has 2 atom stereocenters. The van der Waals surface area contributed by atoms with Gasteiger partial charge in [-0.3, -0.25) is 9.69 Å². The summed E-state index contributed by atoms with van der Waals surface area (Å²) in [7, 11) is 2.17. The quantitative estimate of drug-likeness (QED) is 0.815. The number of likely N-dealkylation sites (N-methyl/N-ethyl adjacent to an activating group) is 1. The van der Waals surface area contributed by atoms with E-state index in [1.807, 2.05) is 6.07 Å². The number of nitrogens with zero attached hydrogens (tertiary/aromatic N) is 2. The smallest absolute Gasteiger partial charge is 0.221 e. The Morgan fingerprint density at radius 2 is 1.96 bits per heavy atom. The Kier molecular flexibility index (Phi) is 6.05. The zero-order chi connectivity index (χ0) is 16.8. The van der Waals surface area contributed by atoms with Crippen LogP contribution in [-0.4, -0.2) is 55.5 Å². The number of rotatable bonds is 6. The maximum absolute atomic E-state index is 12.5. The van der Waals surface area contributed by atoms with Gasteiger partial charge in [-0.1, -0.05) is 42.5 Å². The topological polar surface area (TPSA) is 35.6 Å². The van der Waals surface area contributed by atoms with Gasteiger partial charge in [-0.25, -0.2) is 0 Å². The Labute approximate surface area is 145 Å². The molecule has 0 saturated carbocycles. The second-order valence-corrected chi connectivity index (χ2v) is 7.10. The Morgan fingerprint density at radius 3 is 2.62 bits per heavy atom. The number of hydrogen-bond donors (Lipinski definition) is 1. The lowest BCUT2D eigenvalue weighted by Gasteiger charge is -2.35. The number of hydrogen-bond acceptors (Lipinski definition) is 3. The zero-order valence-corrected chi connectivity index (χ0v) is 14.7. The third kappa shape index (κ3) is 4.92. The van der Waals surface area contributed by atoms with Crippen LogP contribution in [0.1, 0.15) is 30.9 Å². The Hall–Kier alpha value is -1.65. The van der Waals surface area contributed by atoms with Crippen molar-refractivity contribution in [3.63, 3.8) is 0 Å². The van der Waals surface area contributed by atoms with Crippen LogP contribution in [0.2, 0.25) is 0 Å². The Morgan fingerprint density at radius 1 is 1.21 bits per heavy atom. The van der Waals surface area contributed by atoms with E-state index < -0.39 is 0 Å². The molecule has 1 aliphatic carbocycles. The van der Waals surface area contributed by atoms with E-state index >= 15 is 0 Å². The highest BCUT2D eigenvalue weighted by Gasteiger charge is 2.22. The van der Waals surface area contributed by atoms with E-state index in [1.54, 1.807) is 0 Å². The van der Waals surface area contributed by atoms with Crippen molar-refractivity contribution in [1.29, 1.82) is 0 Å². The molecule has 1 fully saturated rings. The standard InChI is InChI=1S/C20H29N3O/c1-22-11-13-23(14-12-22)16-19(18-9-3-2-4-10-18)21-20(24)15-17-7-5-6-8-17/h2-5,7,9-10,17,19H,6,8,11-16H2,1H3,(H,21,24)/t17-,19-/m1/s1. The Balaban J connectivity index is 1.61. The first-order valence-corrected chi connectivity index (χ1v) is 9.12. The number of allylic oxidation sites excluding steroid dienone is 2. The number of benzene rings is 1. The van der Waals surface area contributed by atoms with Gasteiger partial charge in [0, 0.05) is 39.1 Å². The van der Waals surface area contributed by atoms with Crippen LogP contribution in [0.25, 0.3) is 0 Å². The largest absolute Gasteiger partial charge is 0.348 e. The van der Waals surface area contributed by atoms with Crippen LogP contribution in [0.5, 0.6) is 0 Å². The molecule has 24 heavy (non-hydrogen) atoms. The number of piperazine rings is 1. The average Bonchev–Trinajstić information content (AvgIpc) is 3.10. The lowest BCUT2D eigenvalue weighted by molar-refractivity contribution is -0.122. The van der Waals surface area contributed by atoms with E-state index in [0.29, 0.717) is 12.3 Å². The summed E-state index contributed by atoms with van der Waals surface area (Å²) in [5, 5.41) is 3.29. The minimum Gasteiger partial charge on any atom is -0.348 e. The van der Waals surface area contributed by atoms with E-state index in [4.69, 9.17) is 0 Å². The van der Waals surface area contributed by atoms with Crippen LogP contribution < -0.4 is 5.32 Å². The summed E-state index contributed by atoms with van der Waals surface area (Å²) >= 11 is 0. The van der Waals surface area contributed by atoms with Crippen molar-refractivity contribution < 1.29 is 4.79 Å². The van der Waals surface area contributed by atoms with Gasteiger partial charge in [0.1, 0.15) is 0 Å². The minimum absolute atomic E-state index is 0.0764. The minimum atomic E-state index is 0.0764. The lowest BCUT2D eigenvalue weighted by Crippen LogP contribution is -2.47.